The molecule has 0 N–H and O–H groups in total. The number of quaternary nitrogens is 1. The Bertz CT molecular complexity index is 512. The zero-order chi connectivity index (χ0) is 18.7. The quantitative estimate of drug-likeness (QED) is 0.382. The van der Waals surface area contributed by atoms with Crippen LogP contribution in [-0.4, -0.2) is 48.0 Å². The number of unbranched alkanes of at least 4 members (excludes halogenated alkanes) is 6. The zero-order valence-electron chi connectivity index (χ0n) is 17.5. The molecule has 1 fully saturated rings. The van der Waals surface area contributed by atoms with E-state index in [1.165, 1.54) is 44.1 Å². The first-order chi connectivity index (χ1) is 12.7. The molecular formula is C23H39BrN2O. The number of hydrogen-bond acceptors (Lipinski definition) is 1. The number of nitrogens with zero attached hydrogens (tertiary/aromatic N) is 2. The summed E-state index contributed by atoms with van der Waals surface area (Å²) in [5.41, 5.74) is 1.41. The molecule has 0 aliphatic carbocycles. The fraction of sp³-hybridized carbons (Fsp3) is 0.696. The number of benzene rings is 1. The number of rotatable bonds is 11. The second-order valence-electron chi connectivity index (χ2n) is 8.00. The highest BCUT2D eigenvalue weighted by Crippen LogP contribution is 2.19. The van der Waals surface area contributed by atoms with Gasteiger partial charge in [0.1, 0.15) is 6.54 Å². The van der Waals surface area contributed by atoms with Crippen molar-refractivity contribution in [2.45, 2.75) is 71.8 Å². The zero-order valence-corrected chi connectivity index (χ0v) is 19.1. The van der Waals surface area contributed by atoms with Gasteiger partial charge in [-0.3, -0.25) is 4.79 Å². The van der Waals surface area contributed by atoms with Gasteiger partial charge in [0.2, 0.25) is 5.91 Å². The molecule has 0 unspecified atom stereocenters. The smallest absolute Gasteiger partial charge is 0.222 e. The van der Waals surface area contributed by atoms with E-state index < -0.39 is 0 Å². The summed E-state index contributed by atoms with van der Waals surface area (Å²) in [4.78, 5) is 14.6. The SMILES string of the molecule is CCCCCCCCCC(=O)N1CC[N+](CC)(Cc2ccccc2)CC1.[Br-]. The molecule has 0 aromatic heterocycles. The van der Waals surface area contributed by atoms with Crippen LogP contribution in [0.15, 0.2) is 30.3 Å². The Balaban J connectivity index is 0.00000364. The Morgan fingerprint density at radius 2 is 1.52 bits per heavy atom. The summed E-state index contributed by atoms with van der Waals surface area (Å²) in [7, 11) is 0. The summed E-state index contributed by atoms with van der Waals surface area (Å²) in [6.45, 7) is 10.8. The molecule has 27 heavy (non-hydrogen) atoms. The third-order valence-electron chi connectivity index (χ3n) is 6.07. The van der Waals surface area contributed by atoms with Gasteiger partial charge in [-0.1, -0.05) is 75.8 Å². The first-order valence-electron chi connectivity index (χ1n) is 10.9. The molecule has 1 aromatic rings. The van der Waals surface area contributed by atoms with Gasteiger partial charge >= 0.3 is 0 Å². The first-order valence-corrected chi connectivity index (χ1v) is 10.9. The maximum Gasteiger partial charge on any atom is 0.222 e. The van der Waals surface area contributed by atoms with Gasteiger partial charge < -0.3 is 26.4 Å². The van der Waals surface area contributed by atoms with Crippen molar-refractivity contribution in [2.75, 3.05) is 32.7 Å². The minimum Gasteiger partial charge on any atom is -1.00 e. The molecule has 2 rings (SSSR count). The van der Waals surface area contributed by atoms with Crippen molar-refractivity contribution in [1.29, 1.82) is 0 Å². The Hall–Kier alpha value is -0.870. The van der Waals surface area contributed by atoms with E-state index in [0.29, 0.717) is 5.91 Å². The van der Waals surface area contributed by atoms with Gasteiger partial charge in [-0.25, -0.2) is 0 Å². The van der Waals surface area contributed by atoms with E-state index in [0.717, 1.165) is 56.6 Å². The highest BCUT2D eigenvalue weighted by molar-refractivity contribution is 5.76. The van der Waals surface area contributed by atoms with Crippen molar-refractivity contribution in [3.05, 3.63) is 35.9 Å². The van der Waals surface area contributed by atoms with E-state index in [2.05, 4.69) is 49.1 Å². The summed E-state index contributed by atoms with van der Waals surface area (Å²) in [6.07, 6.45) is 9.67. The van der Waals surface area contributed by atoms with Crippen LogP contribution >= 0.6 is 0 Å². The second-order valence-corrected chi connectivity index (χ2v) is 8.00. The average Bonchev–Trinajstić information content (AvgIpc) is 2.68. The number of piperazine rings is 1. The maximum atomic E-state index is 12.5. The molecule has 1 aromatic carbocycles. The standard InChI is InChI=1S/C23H39N2O.BrH/c1-3-5-6-7-8-9-13-16-23(26)24-17-19-25(4-2,20-18-24)21-22-14-11-10-12-15-22;/h10-12,14-15H,3-9,13,16-21H2,1-2H3;1H/q+1;/p-1. The topological polar surface area (TPSA) is 20.3 Å². The number of carbonyl (C=O) groups is 1. The molecule has 1 heterocycles. The number of hydrogen-bond donors (Lipinski definition) is 0. The van der Waals surface area contributed by atoms with E-state index in [1.807, 2.05) is 0 Å². The number of likely N-dealkylation sites (N-methyl/N-ethyl adjacent to an activating group) is 1. The van der Waals surface area contributed by atoms with Gasteiger partial charge in [0.25, 0.3) is 0 Å². The Labute approximate surface area is 177 Å². The van der Waals surface area contributed by atoms with Gasteiger partial charge in [0, 0.05) is 12.0 Å². The van der Waals surface area contributed by atoms with Crippen LogP contribution in [0.4, 0.5) is 0 Å². The Kier molecular flexibility index (Phi) is 11.9. The van der Waals surface area contributed by atoms with Crippen LogP contribution in [-0.2, 0) is 11.3 Å². The molecule has 0 atom stereocenters. The number of carbonyl (C=O) groups excluding carboxylic acids is 1. The molecule has 1 saturated heterocycles. The lowest BCUT2D eigenvalue weighted by Gasteiger charge is -2.44. The lowest BCUT2D eigenvalue weighted by molar-refractivity contribution is -0.942. The molecule has 3 nitrogen and oxygen atoms in total. The molecule has 1 aliphatic heterocycles. The predicted octanol–water partition coefficient (Wildman–Crippen LogP) is 2.01. The molecule has 1 amide bonds. The van der Waals surface area contributed by atoms with Crippen LogP contribution in [0.3, 0.4) is 0 Å². The van der Waals surface area contributed by atoms with Crippen molar-refractivity contribution in [1.82, 2.24) is 4.90 Å². The fourth-order valence-corrected chi connectivity index (χ4v) is 4.09. The number of halogens is 1. The van der Waals surface area contributed by atoms with Crippen LogP contribution < -0.4 is 17.0 Å². The van der Waals surface area contributed by atoms with Crippen LogP contribution in [0.2, 0.25) is 0 Å². The van der Waals surface area contributed by atoms with Crippen molar-refractivity contribution < 1.29 is 26.3 Å². The van der Waals surface area contributed by atoms with Crippen molar-refractivity contribution in [3.8, 4) is 0 Å². The molecule has 154 valence electrons. The molecule has 0 bridgehead atoms. The van der Waals surface area contributed by atoms with E-state index in [4.69, 9.17) is 0 Å². The lowest BCUT2D eigenvalue weighted by atomic mass is 10.1. The van der Waals surface area contributed by atoms with Gasteiger partial charge in [0.05, 0.1) is 32.7 Å². The van der Waals surface area contributed by atoms with Gasteiger partial charge in [-0.2, -0.15) is 0 Å². The summed E-state index contributed by atoms with van der Waals surface area (Å²) in [6, 6.07) is 10.8. The predicted molar refractivity (Wildman–Crippen MR) is 110 cm³/mol. The average molecular weight is 439 g/mol. The minimum atomic E-state index is 0. The monoisotopic (exact) mass is 438 g/mol. The summed E-state index contributed by atoms with van der Waals surface area (Å²) in [5, 5.41) is 0. The molecule has 0 saturated carbocycles. The first kappa shape index (κ1) is 24.2. The maximum absolute atomic E-state index is 12.5. The van der Waals surface area contributed by atoms with Crippen LogP contribution in [0.1, 0.15) is 70.8 Å². The van der Waals surface area contributed by atoms with E-state index in [-0.39, 0.29) is 17.0 Å². The number of amides is 1. The van der Waals surface area contributed by atoms with Crippen molar-refractivity contribution >= 4 is 5.91 Å². The minimum absolute atomic E-state index is 0. The summed E-state index contributed by atoms with van der Waals surface area (Å²) in [5.74, 6) is 0.382. The van der Waals surface area contributed by atoms with Crippen LogP contribution in [0, 0.1) is 0 Å². The highest BCUT2D eigenvalue weighted by Gasteiger charge is 2.33. The Morgan fingerprint density at radius 1 is 0.926 bits per heavy atom. The van der Waals surface area contributed by atoms with E-state index >= 15 is 0 Å². The largest absolute Gasteiger partial charge is 1.00 e. The van der Waals surface area contributed by atoms with Gasteiger partial charge in [-0.15, -0.1) is 0 Å². The second kappa shape index (κ2) is 13.3. The fourth-order valence-electron chi connectivity index (χ4n) is 4.09. The van der Waals surface area contributed by atoms with Crippen molar-refractivity contribution in [3.63, 3.8) is 0 Å². The highest BCUT2D eigenvalue weighted by atomic mass is 79.9. The normalized spacial score (nSPS) is 16.0. The molecular weight excluding hydrogens is 400 g/mol. The van der Waals surface area contributed by atoms with Crippen LogP contribution in [0.25, 0.3) is 0 Å². The summed E-state index contributed by atoms with van der Waals surface area (Å²) >= 11 is 0. The molecule has 0 radical (unpaired) electrons. The van der Waals surface area contributed by atoms with Crippen molar-refractivity contribution in [2.24, 2.45) is 0 Å². The summed E-state index contributed by atoms with van der Waals surface area (Å²) < 4.78 is 1.12. The van der Waals surface area contributed by atoms with E-state index in [1.54, 1.807) is 0 Å². The van der Waals surface area contributed by atoms with E-state index in [9.17, 15) is 4.79 Å². The third kappa shape index (κ3) is 8.35. The molecule has 0 spiro atoms. The lowest BCUT2D eigenvalue weighted by Crippen LogP contribution is -3.00. The molecule has 4 heteroatoms. The third-order valence-corrected chi connectivity index (χ3v) is 6.07. The van der Waals surface area contributed by atoms with Crippen LogP contribution in [0.5, 0.6) is 0 Å². The van der Waals surface area contributed by atoms with Gasteiger partial charge in [-0.05, 0) is 13.3 Å². The van der Waals surface area contributed by atoms with Gasteiger partial charge in [0.15, 0.2) is 0 Å². The Morgan fingerprint density at radius 3 is 2.11 bits per heavy atom. The molecule has 1 aliphatic rings.